The Hall–Kier alpha value is -4.23. The van der Waals surface area contributed by atoms with Crippen molar-refractivity contribution in [3.8, 4) is 0 Å². The topological polar surface area (TPSA) is 68.3 Å². The van der Waals surface area contributed by atoms with Gasteiger partial charge in [0.1, 0.15) is 0 Å². The molecule has 0 radical (unpaired) electrons. The molecule has 0 saturated carbocycles. The van der Waals surface area contributed by atoms with Gasteiger partial charge in [-0.2, -0.15) is 0 Å². The number of hydrogen-bond acceptors (Lipinski definition) is 4. The SMILES string of the molecule is Brc1c2ccccc2c(Br)c2ccccc12.CC(=O)c1ccc(C(C)=O)cc1.O=C1c2ccccc2C(=O)c2c(Cl)cccc21. The van der Waals surface area contributed by atoms with Crippen LogP contribution in [0.4, 0.5) is 0 Å². The molecular weight excluding hydrogens is 716 g/mol. The average molecular weight is 741 g/mol. The van der Waals surface area contributed by atoms with E-state index in [1.807, 2.05) is 0 Å². The van der Waals surface area contributed by atoms with E-state index in [1.165, 1.54) is 44.3 Å². The number of rotatable bonds is 2. The fourth-order valence-corrected chi connectivity index (χ4v) is 6.71. The average Bonchev–Trinajstić information content (AvgIpc) is 3.06. The first kappa shape index (κ1) is 32.2. The molecule has 0 atom stereocenters. The second-order valence-electron chi connectivity index (χ2n) is 10.3. The van der Waals surface area contributed by atoms with E-state index < -0.39 is 0 Å². The highest BCUT2D eigenvalue weighted by Crippen LogP contribution is 2.39. The zero-order valence-corrected chi connectivity index (χ0v) is 28.2. The molecule has 0 spiro atoms. The molecule has 45 heavy (non-hydrogen) atoms. The predicted molar refractivity (Wildman–Crippen MR) is 188 cm³/mol. The molecule has 4 nitrogen and oxygen atoms in total. The number of benzene rings is 6. The molecule has 7 rings (SSSR count). The Balaban J connectivity index is 0.000000136. The lowest BCUT2D eigenvalue weighted by Crippen LogP contribution is -2.21. The molecule has 1 aliphatic rings. The van der Waals surface area contributed by atoms with E-state index >= 15 is 0 Å². The summed E-state index contributed by atoms with van der Waals surface area (Å²) in [6.45, 7) is 3.01. The number of carbonyl (C=O) groups excluding carboxylic acids is 4. The quantitative estimate of drug-likeness (QED) is 0.131. The molecule has 0 heterocycles. The first-order valence-corrected chi connectivity index (χ1v) is 15.9. The van der Waals surface area contributed by atoms with Crippen LogP contribution in [0.25, 0.3) is 21.5 Å². The van der Waals surface area contributed by atoms with Gasteiger partial charge in [0.05, 0.1) is 10.6 Å². The Morgan fingerprint density at radius 2 is 0.844 bits per heavy atom. The first-order chi connectivity index (χ1) is 21.6. The van der Waals surface area contributed by atoms with Crippen molar-refractivity contribution < 1.29 is 19.2 Å². The molecule has 1 aliphatic carbocycles. The Bertz CT molecular complexity index is 1990. The first-order valence-electron chi connectivity index (χ1n) is 13.9. The molecule has 0 aliphatic heterocycles. The maximum Gasteiger partial charge on any atom is 0.196 e. The summed E-state index contributed by atoms with van der Waals surface area (Å²) >= 11 is 13.4. The minimum Gasteiger partial charge on any atom is -0.295 e. The van der Waals surface area contributed by atoms with Crippen molar-refractivity contribution in [3.63, 3.8) is 0 Å². The third-order valence-electron chi connectivity index (χ3n) is 7.40. The molecule has 0 amide bonds. The Labute approximate surface area is 282 Å². The highest BCUT2D eigenvalue weighted by atomic mass is 79.9. The molecule has 6 aromatic carbocycles. The number of halogens is 3. The summed E-state index contributed by atoms with van der Waals surface area (Å²) in [6, 6.07) is 35.2. The summed E-state index contributed by atoms with van der Waals surface area (Å²) in [5.74, 6) is -0.284. The van der Waals surface area contributed by atoms with Crippen LogP contribution in [-0.2, 0) is 0 Å². The lowest BCUT2D eigenvalue weighted by atomic mass is 9.84. The van der Waals surface area contributed by atoms with Gasteiger partial charge in [-0.1, -0.05) is 121 Å². The largest absolute Gasteiger partial charge is 0.295 e. The summed E-state index contributed by atoms with van der Waals surface area (Å²) in [4.78, 5) is 46.1. The van der Waals surface area contributed by atoms with E-state index in [-0.39, 0.29) is 23.1 Å². The molecule has 6 aromatic rings. The van der Waals surface area contributed by atoms with Gasteiger partial charge >= 0.3 is 0 Å². The standard InChI is InChI=1S/C14H8Br2.C14H7ClO2.C10H10O2/c15-13-9-5-1-2-6-10(9)14(16)12-8-4-3-7-11(12)13;15-11-7-3-6-10-12(11)14(17)9-5-2-1-4-8(9)13(10)16;1-7(11)9-3-5-10(6-4-9)8(2)12/h1-8H;1-7H;3-6H,1-2H3. The summed E-state index contributed by atoms with van der Waals surface area (Å²) in [7, 11) is 0. The number of Topliss-reactive ketones (excluding diaryl/α,β-unsaturated/α-hetero) is 2. The van der Waals surface area contributed by atoms with E-state index in [0.29, 0.717) is 38.4 Å². The summed E-state index contributed by atoms with van der Waals surface area (Å²) in [5.41, 5.74) is 2.87. The fourth-order valence-electron chi connectivity index (χ4n) is 5.06. The van der Waals surface area contributed by atoms with Crippen LogP contribution in [0.5, 0.6) is 0 Å². The van der Waals surface area contributed by atoms with Crippen molar-refractivity contribution >= 4 is 88.1 Å². The van der Waals surface area contributed by atoms with Crippen molar-refractivity contribution in [2.75, 3.05) is 0 Å². The minimum atomic E-state index is -0.180. The van der Waals surface area contributed by atoms with Gasteiger partial charge in [0.15, 0.2) is 23.1 Å². The molecule has 0 fully saturated rings. The molecular formula is C38H25Br2ClO4. The number of hydrogen-bond donors (Lipinski definition) is 0. The Morgan fingerprint density at radius 1 is 0.489 bits per heavy atom. The van der Waals surface area contributed by atoms with E-state index in [0.717, 1.165) is 0 Å². The van der Waals surface area contributed by atoms with Crippen LogP contribution in [0.15, 0.2) is 124 Å². The van der Waals surface area contributed by atoms with Gasteiger partial charge in [0.2, 0.25) is 0 Å². The predicted octanol–water partition coefficient (Wildman–Crippen LogP) is 10.7. The molecule has 0 saturated heterocycles. The van der Waals surface area contributed by atoms with Gasteiger partial charge in [-0.25, -0.2) is 0 Å². The van der Waals surface area contributed by atoms with Crippen molar-refractivity contribution in [2.45, 2.75) is 13.8 Å². The maximum absolute atomic E-state index is 12.2. The van der Waals surface area contributed by atoms with E-state index in [4.69, 9.17) is 11.6 Å². The van der Waals surface area contributed by atoms with Crippen LogP contribution in [0, 0.1) is 0 Å². The van der Waals surface area contributed by atoms with Crippen molar-refractivity contribution in [2.24, 2.45) is 0 Å². The molecule has 0 N–H and O–H groups in total. The monoisotopic (exact) mass is 738 g/mol. The van der Waals surface area contributed by atoms with Crippen molar-refractivity contribution in [1.29, 1.82) is 0 Å². The Kier molecular flexibility index (Phi) is 9.88. The third kappa shape index (κ3) is 6.59. The van der Waals surface area contributed by atoms with Crippen molar-refractivity contribution in [1.82, 2.24) is 0 Å². The van der Waals surface area contributed by atoms with Gasteiger partial charge in [0, 0.05) is 36.8 Å². The minimum absolute atomic E-state index is 0.0186. The normalized spacial score (nSPS) is 11.5. The number of fused-ring (bicyclic) bond motifs is 4. The zero-order chi connectivity index (χ0) is 32.2. The summed E-state index contributed by atoms with van der Waals surface area (Å²) in [6.07, 6.45) is 0. The summed E-state index contributed by atoms with van der Waals surface area (Å²) in [5, 5.41) is 5.30. The van der Waals surface area contributed by atoms with Gasteiger partial charge in [-0.3, -0.25) is 19.2 Å². The van der Waals surface area contributed by atoms with Crippen LogP contribution < -0.4 is 0 Å². The smallest absolute Gasteiger partial charge is 0.196 e. The van der Waals surface area contributed by atoms with Crippen LogP contribution >= 0.6 is 43.5 Å². The van der Waals surface area contributed by atoms with E-state index in [9.17, 15) is 19.2 Å². The second-order valence-corrected chi connectivity index (χ2v) is 12.3. The van der Waals surface area contributed by atoms with Crippen LogP contribution in [-0.4, -0.2) is 23.1 Å². The lowest BCUT2D eigenvalue weighted by molar-refractivity contribution is 0.0979. The van der Waals surface area contributed by atoms with Gasteiger partial charge in [-0.15, -0.1) is 0 Å². The maximum atomic E-state index is 12.2. The van der Waals surface area contributed by atoms with Crippen molar-refractivity contribution in [3.05, 3.63) is 163 Å². The molecule has 222 valence electrons. The molecule has 0 aromatic heterocycles. The van der Waals surface area contributed by atoms with Crippen LogP contribution in [0.2, 0.25) is 5.02 Å². The second kappa shape index (κ2) is 13.8. The fraction of sp³-hybridized carbons (Fsp3) is 0.0526. The highest BCUT2D eigenvalue weighted by Gasteiger charge is 2.30. The highest BCUT2D eigenvalue weighted by molar-refractivity contribution is 9.11. The van der Waals surface area contributed by atoms with Crippen LogP contribution in [0.1, 0.15) is 66.4 Å². The van der Waals surface area contributed by atoms with Gasteiger partial charge in [0.25, 0.3) is 0 Å². The number of ketones is 4. The van der Waals surface area contributed by atoms with Gasteiger partial charge in [-0.05, 0) is 73.3 Å². The lowest BCUT2D eigenvalue weighted by Gasteiger charge is -2.17. The van der Waals surface area contributed by atoms with E-state index in [2.05, 4.69) is 80.4 Å². The third-order valence-corrected chi connectivity index (χ3v) is 9.42. The molecule has 0 unspecified atom stereocenters. The Morgan fingerprint density at radius 3 is 1.24 bits per heavy atom. The molecule has 7 heteroatoms. The zero-order valence-electron chi connectivity index (χ0n) is 24.2. The number of carbonyl (C=O) groups is 4. The van der Waals surface area contributed by atoms with Gasteiger partial charge < -0.3 is 0 Å². The van der Waals surface area contributed by atoms with Crippen LogP contribution in [0.3, 0.4) is 0 Å². The summed E-state index contributed by atoms with van der Waals surface area (Å²) < 4.78 is 2.34. The molecule has 0 bridgehead atoms. The van der Waals surface area contributed by atoms with E-state index in [1.54, 1.807) is 66.7 Å².